The second-order valence-electron chi connectivity index (χ2n) is 3.71. The smallest absolute Gasteiger partial charge is 0.151 e. The summed E-state index contributed by atoms with van der Waals surface area (Å²) in [6.45, 7) is 4.21. The fraction of sp³-hybridized carbons (Fsp3) is 0.875. The molecule has 12 heavy (non-hydrogen) atoms. The Kier molecular flexibility index (Phi) is 3.01. The zero-order chi connectivity index (χ0) is 9.19. The van der Waals surface area contributed by atoms with Gasteiger partial charge in [0.05, 0.1) is 11.7 Å². The summed E-state index contributed by atoms with van der Waals surface area (Å²) < 4.78 is 5.73. The number of nitrogens with one attached hydrogen (secondary N) is 1. The molecule has 1 saturated heterocycles. The zero-order valence-corrected chi connectivity index (χ0v) is 8.41. The standard InChI is InChI=1S/C8H16N2OS/c1-8(2)4-3-6(11-8)5-12-7(9)10/h6H,3-5H2,1-2H3,(H3,9,10). The fourth-order valence-electron chi connectivity index (χ4n) is 1.38. The molecule has 1 atom stereocenters. The number of amidine groups is 1. The molecule has 0 spiro atoms. The van der Waals surface area contributed by atoms with Gasteiger partial charge in [-0.05, 0) is 26.7 Å². The Bertz CT molecular complexity index is 182. The number of ether oxygens (including phenoxy) is 1. The van der Waals surface area contributed by atoms with Gasteiger partial charge < -0.3 is 10.5 Å². The predicted molar refractivity (Wildman–Crippen MR) is 52.6 cm³/mol. The number of nitrogens with two attached hydrogens (primary N) is 1. The van der Waals surface area contributed by atoms with E-state index in [1.807, 2.05) is 0 Å². The Morgan fingerprint density at radius 1 is 1.75 bits per heavy atom. The molecule has 1 unspecified atom stereocenters. The van der Waals surface area contributed by atoms with Crippen LogP contribution in [0.15, 0.2) is 0 Å². The maximum Gasteiger partial charge on any atom is 0.151 e. The summed E-state index contributed by atoms with van der Waals surface area (Å²) in [4.78, 5) is 0. The molecule has 3 nitrogen and oxygen atoms in total. The van der Waals surface area contributed by atoms with Crippen molar-refractivity contribution >= 4 is 16.9 Å². The van der Waals surface area contributed by atoms with Crippen molar-refractivity contribution in [2.45, 2.75) is 38.4 Å². The van der Waals surface area contributed by atoms with Crippen molar-refractivity contribution in [3.63, 3.8) is 0 Å². The van der Waals surface area contributed by atoms with Crippen molar-refractivity contribution in [2.24, 2.45) is 5.73 Å². The van der Waals surface area contributed by atoms with Crippen molar-refractivity contribution < 1.29 is 4.74 Å². The van der Waals surface area contributed by atoms with E-state index in [1.165, 1.54) is 11.8 Å². The highest BCUT2D eigenvalue weighted by Gasteiger charge is 2.31. The highest BCUT2D eigenvalue weighted by molar-refractivity contribution is 8.13. The SMILES string of the molecule is CC1(C)CCC(CSC(=N)N)O1. The largest absolute Gasteiger partial charge is 0.379 e. The molecule has 0 saturated carbocycles. The molecule has 0 radical (unpaired) electrons. The van der Waals surface area contributed by atoms with Gasteiger partial charge in [0, 0.05) is 5.75 Å². The average Bonchev–Trinajstić information content (AvgIpc) is 2.26. The van der Waals surface area contributed by atoms with Gasteiger partial charge >= 0.3 is 0 Å². The molecule has 0 bridgehead atoms. The van der Waals surface area contributed by atoms with Gasteiger partial charge in [0.15, 0.2) is 5.17 Å². The van der Waals surface area contributed by atoms with Crippen molar-refractivity contribution in [2.75, 3.05) is 5.75 Å². The molecule has 1 rings (SSSR count). The fourth-order valence-corrected chi connectivity index (χ4v) is 1.98. The number of thioether (sulfide) groups is 1. The third kappa shape index (κ3) is 3.03. The van der Waals surface area contributed by atoms with E-state index in [-0.39, 0.29) is 16.9 Å². The third-order valence-corrected chi connectivity index (χ3v) is 2.83. The summed E-state index contributed by atoms with van der Waals surface area (Å²) >= 11 is 1.37. The lowest BCUT2D eigenvalue weighted by molar-refractivity contribution is -0.00459. The minimum absolute atomic E-state index is 0.0298. The number of rotatable bonds is 2. The van der Waals surface area contributed by atoms with Crippen molar-refractivity contribution in [3.05, 3.63) is 0 Å². The van der Waals surface area contributed by atoms with Crippen LogP contribution in [0, 0.1) is 5.41 Å². The summed E-state index contributed by atoms with van der Waals surface area (Å²) in [5.74, 6) is 0.818. The van der Waals surface area contributed by atoms with Gasteiger partial charge in [-0.1, -0.05) is 11.8 Å². The maximum absolute atomic E-state index is 7.04. The lowest BCUT2D eigenvalue weighted by Crippen LogP contribution is -2.22. The van der Waals surface area contributed by atoms with Gasteiger partial charge in [0.2, 0.25) is 0 Å². The van der Waals surface area contributed by atoms with Gasteiger partial charge in [0.1, 0.15) is 0 Å². The number of hydrogen-bond donors (Lipinski definition) is 2. The first-order chi connectivity index (χ1) is 5.49. The Labute approximate surface area is 77.5 Å². The molecule has 3 N–H and O–H groups in total. The molecule has 0 aliphatic carbocycles. The Morgan fingerprint density at radius 2 is 2.42 bits per heavy atom. The van der Waals surface area contributed by atoms with E-state index in [9.17, 15) is 0 Å². The van der Waals surface area contributed by atoms with Crippen LogP contribution in [0.2, 0.25) is 0 Å². The van der Waals surface area contributed by atoms with E-state index in [1.54, 1.807) is 0 Å². The van der Waals surface area contributed by atoms with Crippen LogP contribution in [0.25, 0.3) is 0 Å². The summed E-state index contributed by atoms with van der Waals surface area (Å²) in [6.07, 6.45) is 2.48. The molecule has 0 aromatic rings. The molecule has 1 heterocycles. The first kappa shape index (κ1) is 9.86. The molecule has 70 valence electrons. The molecule has 1 aliphatic rings. The van der Waals surface area contributed by atoms with E-state index < -0.39 is 0 Å². The molecule has 0 amide bonds. The summed E-state index contributed by atoms with van der Waals surface area (Å²) in [7, 11) is 0. The van der Waals surface area contributed by atoms with Crippen LogP contribution in [0.4, 0.5) is 0 Å². The van der Waals surface area contributed by atoms with Crippen LogP contribution in [0.3, 0.4) is 0 Å². The molecular weight excluding hydrogens is 172 g/mol. The summed E-state index contributed by atoms with van der Waals surface area (Å²) in [6, 6.07) is 0. The molecule has 4 heteroatoms. The monoisotopic (exact) mass is 188 g/mol. The van der Waals surface area contributed by atoms with Crippen molar-refractivity contribution in [1.82, 2.24) is 0 Å². The second-order valence-corrected chi connectivity index (χ2v) is 4.78. The zero-order valence-electron chi connectivity index (χ0n) is 7.59. The normalized spacial score (nSPS) is 27.3. The highest BCUT2D eigenvalue weighted by atomic mass is 32.2. The van der Waals surface area contributed by atoms with Crippen LogP contribution in [0.1, 0.15) is 26.7 Å². The van der Waals surface area contributed by atoms with E-state index in [0.717, 1.165) is 18.6 Å². The minimum Gasteiger partial charge on any atom is -0.379 e. The van der Waals surface area contributed by atoms with Crippen molar-refractivity contribution in [3.8, 4) is 0 Å². The van der Waals surface area contributed by atoms with Gasteiger partial charge in [-0.2, -0.15) is 0 Å². The number of hydrogen-bond acceptors (Lipinski definition) is 3. The molecule has 1 fully saturated rings. The van der Waals surface area contributed by atoms with E-state index in [4.69, 9.17) is 15.9 Å². The first-order valence-corrected chi connectivity index (χ1v) is 5.13. The average molecular weight is 188 g/mol. The topological polar surface area (TPSA) is 59.1 Å². The van der Waals surface area contributed by atoms with Crippen LogP contribution >= 0.6 is 11.8 Å². The maximum atomic E-state index is 7.04. The van der Waals surface area contributed by atoms with Crippen LogP contribution in [-0.2, 0) is 4.74 Å². The van der Waals surface area contributed by atoms with Crippen molar-refractivity contribution in [1.29, 1.82) is 5.41 Å². The quantitative estimate of drug-likeness (QED) is 0.511. The van der Waals surface area contributed by atoms with E-state index >= 15 is 0 Å². The summed E-state index contributed by atoms with van der Waals surface area (Å²) in [5, 5.41) is 7.23. The Hall–Kier alpha value is -0.220. The molecule has 0 aromatic heterocycles. The van der Waals surface area contributed by atoms with Gasteiger partial charge in [-0.3, -0.25) is 5.41 Å². The van der Waals surface area contributed by atoms with E-state index in [2.05, 4.69) is 13.8 Å². The van der Waals surface area contributed by atoms with Gasteiger partial charge in [-0.15, -0.1) is 0 Å². The summed E-state index contributed by atoms with van der Waals surface area (Å²) in [5.41, 5.74) is 5.26. The Morgan fingerprint density at radius 3 is 2.83 bits per heavy atom. The second kappa shape index (κ2) is 3.66. The molecule has 0 aromatic carbocycles. The van der Waals surface area contributed by atoms with Crippen LogP contribution < -0.4 is 5.73 Å². The molecular formula is C8H16N2OS. The van der Waals surface area contributed by atoms with Gasteiger partial charge in [0.25, 0.3) is 0 Å². The van der Waals surface area contributed by atoms with Crippen LogP contribution in [0.5, 0.6) is 0 Å². The molecule has 1 aliphatic heterocycles. The lowest BCUT2D eigenvalue weighted by atomic mass is 10.1. The highest BCUT2D eigenvalue weighted by Crippen LogP contribution is 2.30. The predicted octanol–water partition coefficient (Wildman–Crippen LogP) is 1.57. The van der Waals surface area contributed by atoms with E-state index in [0.29, 0.717) is 0 Å². The van der Waals surface area contributed by atoms with Gasteiger partial charge in [-0.25, -0.2) is 0 Å². The first-order valence-electron chi connectivity index (χ1n) is 4.14. The Balaban J connectivity index is 2.24. The third-order valence-electron chi connectivity index (χ3n) is 1.98. The minimum atomic E-state index is 0.0298. The lowest BCUT2D eigenvalue weighted by Gasteiger charge is -2.18. The van der Waals surface area contributed by atoms with Crippen LogP contribution in [-0.4, -0.2) is 22.6 Å².